The number of pyridine rings is 1. The largest absolute Gasteiger partial charge is 0.387 e. The first kappa shape index (κ1) is 29.0. The number of amides is 2. The predicted octanol–water partition coefficient (Wildman–Crippen LogP) is 1.97. The van der Waals surface area contributed by atoms with E-state index in [0.29, 0.717) is 22.9 Å². The number of hydrazone groups is 1. The Morgan fingerprint density at radius 2 is 1.94 bits per heavy atom. The van der Waals surface area contributed by atoms with Gasteiger partial charge in [-0.15, -0.1) is 5.10 Å². The van der Waals surface area contributed by atoms with E-state index in [2.05, 4.69) is 20.7 Å². The number of nitrogens with one attached hydrogen (secondary N) is 2. The smallest absolute Gasteiger partial charge is 0.270 e. The van der Waals surface area contributed by atoms with E-state index in [1.807, 2.05) is 0 Å². The van der Waals surface area contributed by atoms with Crippen LogP contribution in [0.4, 0.5) is 4.39 Å². The van der Waals surface area contributed by atoms with Crippen LogP contribution in [0, 0.1) is 12.7 Å². The van der Waals surface area contributed by atoms with Gasteiger partial charge in [0.05, 0.1) is 5.02 Å². The number of hydrogen-bond acceptors (Lipinski definition) is 7. The Morgan fingerprint density at radius 3 is 2.56 bits per heavy atom. The minimum Gasteiger partial charge on any atom is -0.387 e. The molecule has 0 radical (unpaired) electrons. The molecule has 0 aliphatic heterocycles. The summed E-state index contributed by atoms with van der Waals surface area (Å²) in [5, 5.41) is 18.9. The minimum absolute atomic E-state index is 0.00222. The molecule has 0 saturated heterocycles. The molecule has 1 aromatic carbocycles. The Labute approximate surface area is 214 Å². The molecule has 1 aliphatic rings. The second kappa shape index (κ2) is 14.3. The van der Waals surface area contributed by atoms with Crippen molar-refractivity contribution in [3.63, 3.8) is 0 Å². The first-order valence-electron chi connectivity index (χ1n) is 11.5. The second-order valence-corrected chi connectivity index (χ2v) is 8.84. The van der Waals surface area contributed by atoms with Gasteiger partial charge in [0.2, 0.25) is 5.91 Å². The number of hydrogen-bond donors (Lipinski definition) is 5. The lowest BCUT2D eigenvalue weighted by Gasteiger charge is -2.22. The summed E-state index contributed by atoms with van der Waals surface area (Å²) in [6.45, 7) is 1.54. The number of aromatic nitrogens is 1. The molecule has 1 saturated carbocycles. The summed E-state index contributed by atoms with van der Waals surface area (Å²) in [6.07, 6.45) is 5.84. The van der Waals surface area contributed by atoms with E-state index in [4.69, 9.17) is 28.3 Å². The van der Waals surface area contributed by atoms with Crippen LogP contribution in [0.3, 0.4) is 0 Å². The van der Waals surface area contributed by atoms with Gasteiger partial charge >= 0.3 is 0 Å². The average molecular weight is 522 g/mol. The standard InChI is InChI=1S/C16H18ClFN6O.C8H15NO2/c1-9-5-11(15(19)23-24(2)20)7-14(22-9)16(25)21-8-10-3-4-13(18)12(17)6-10;10-6-8(11)9-7-4-2-1-3-5-7/h3-7H,8,20H2,1-2H3,(H2,19,23)(H,21,25);7,10H,1-6H2,(H,9,11). The van der Waals surface area contributed by atoms with Crippen molar-refractivity contribution in [2.75, 3.05) is 13.7 Å². The van der Waals surface area contributed by atoms with Gasteiger partial charge in [-0.25, -0.2) is 20.3 Å². The first-order chi connectivity index (χ1) is 17.1. The number of nitrogens with two attached hydrogens (primary N) is 2. The van der Waals surface area contributed by atoms with Crippen molar-refractivity contribution in [2.45, 2.75) is 51.6 Å². The van der Waals surface area contributed by atoms with Crippen LogP contribution < -0.4 is 22.2 Å². The molecule has 1 fully saturated rings. The molecule has 7 N–H and O–H groups in total. The predicted molar refractivity (Wildman–Crippen MR) is 136 cm³/mol. The molecule has 10 nitrogen and oxygen atoms in total. The van der Waals surface area contributed by atoms with E-state index in [1.54, 1.807) is 19.1 Å². The molecule has 2 amide bonds. The lowest BCUT2D eigenvalue weighted by atomic mass is 9.95. The number of benzene rings is 1. The van der Waals surface area contributed by atoms with E-state index in [0.717, 1.165) is 18.0 Å². The lowest BCUT2D eigenvalue weighted by Crippen LogP contribution is -2.37. The Balaban J connectivity index is 0.000000346. The van der Waals surface area contributed by atoms with Crippen molar-refractivity contribution in [3.05, 3.63) is 63.7 Å². The van der Waals surface area contributed by atoms with Crippen molar-refractivity contribution in [2.24, 2.45) is 16.7 Å². The van der Waals surface area contributed by atoms with Crippen molar-refractivity contribution in [1.82, 2.24) is 20.7 Å². The number of nitrogens with zero attached hydrogens (tertiary/aromatic N) is 3. The summed E-state index contributed by atoms with van der Waals surface area (Å²) in [5.74, 6) is 4.44. The maximum atomic E-state index is 13.2. The Morgan fingerprint density at radius 1 is 1.25 bits per heavy atom. The average Bonchev–Trinajstić information content (AvgIpc) is 2.84. The summed E-state index contributed by atoms with van der Waals surface area (Å²) >= 11 is 5.72. The summed E-state index contributed by atoms with van der Waals surface area (Å²) in [5.41, 5.74) is 7.82. The zero-order valence-corrected chi connectivity index (χ0v) is 21.2. The highest BCUT2D eigenvalue weighted by Gasteiger charge is 2.14. The summed E-state index contributed by atoms with van der Waals surface area (Å²) in [4.78, 5) is 27.2. The van der Waals surface area contributed by atoms with Crippen molar-refractivity contribution < 1.29 is 19.1 Å². The van der Waals surface area contributed by atoms with Crippen LogP contribution in [0.25, 0.3) is 0 Å². The zero-order chi connectivity index (χ0) is 26.7. The van der Waals surface area contributed by atoms with Gasteiger partial charge < -0.3 is 21.5 Å². The molecule has 12 heteroatoms. The fourth-order valence-electron chi connectivity index (χ4n) is 3.60. The highest BCUT2D eigenvalue weighted by Crippen LogP contribution is 2.17. The molecule has 1 heterocycles. The normalized spacial score (nSPS) is 13.9. The monoisotopic (exact) mass is 521 g/mol. The maximum absolute atomic E-state index is 13.2. The molecule has 0 atom stereocenters. The molecular weight excluding hydrogens is 489 g/mol. The number of carbonyl (C=O) groups is 2. The summed E-state index contributed by atoms with van der Waals surface area (Å²) in [7, 11) is 1.53. The van der Waals surface area contributed by atoms with E-state index < -0.39 is 11.7 Å². The van der Waals surface area contributed by atoms with Crippen molar-refractivity contribution in [3.8, 4) is 0 Å². The molecule has 196 valence electrons. The topological polar surface area (TPSA) is 159 Å². The maximum Gasteiger partial charge on any atom is 0.270 e. The molecule has 0 unspecified atom stereocenters. The highest BCUT2D eigenvalue weighted by molar-refractivity contribution is 6.30. The number of halogens is 2. The molecule has 0 spiro atoms. The van der Waals surface area contributed by atoms with Crippen LogP contribution in [0.2, 0.25) is 5.02 Å². The molecule has 1 aromatic heterocycles. The fourth-order valence-corrected chi connectivity index (χ4v) is 3.81. The van der Waals surface area contributed by atoms with E-state index in [1.165, 1.54) is 44.5 Å². The third-order valence-electron chi connectivity index (χ3n) is 5.30. The molecular formula is C24H33ClFN7O3. The SMILES string of the molecule is Cc1cc(/C(N)=N/N(C)N)cc(C(=O)NCc2ccc(F)c(Cl)c2)n1.O=C(CO)NC1CCCCC1. The van der Waals surface area contributed by atoms with Crippen LogP contribution in [0.1, 0.15) is 59.4 Å². The highest BCUT2D eigenvalue weighted by atomic mass is 35.5. The van der Waals surface area contributed by atoms with Gasteiger partial charge in [0.15, 0.2) is 5.84 Å². The van der Waals surface area contributed by atoms with Crippen LogP contribution in [0.15, 0.2) is 35.4 Å². The number of hydrazine groups is 1. The van der Waals surface area contributed by atoms with Gasteiger partial charge in [0.1, 0.15) is 18.1 Å². The third-order valence-corrected chi connectivity index (χ3v) is 5.59. The number of rotatable bonds is 7. The summed E-state index contributed by atoms with van der Waals surface area (Å²) < 4.78 is 13.2. The molecule has 3 rings (SSSR count). The van der Waals surface area contributed by atoms with Gasteiger partial charge in [0.25, 0.3) is 5.91 Å². The minimum atomic E-state index is -0.513. The Bertz CT molecular complexity index is 1080. The van der Waals surface area contributed by atoms with Gasteiger partial charge in [-0.05, 0) is 49.6 Å². The zero-order valence-electron chi connectivity index (χ0n) is 20.4. The number of aliphatic hydroxyl groups is 1. The van der Waals surface area contributed by atoms with Crippen LogP contribution in [-0.4, -0.2) is 52.6 Å². The van der Waals surface area contributed by atoms with Crippen molar-refractivity contribution >= 4 is 29.3 Å². The second-order valence-electron chi connectivity index (χ2n) is 8.43. The fraction of sp³-hybridized carbons (Fsp3) is 0.417. The van der Waals surface area contributed by atoms with Gasteiger partial charge in [-0.1, -0.05) is 36.9 Å². The Kier molecular flexibility index (Phi) is 11.5. The van der Waals surface area contributed by atoms with Crippen molar-refractivity contribution in [1.29, 1.82) is 0 Å². The van der Waals surface area contributed by atoms with E-state index in [9.17, 15) is 14.0 Å². The van der Waals surface area contributed by atoms with Crippen LogP contribution >= 0.6 is 11.6 Å². The Hall–Kier alpha value is -3.28. The molecule has 36 heavy (non-hydrogen) atoms. The van der Waals surface area contributed by atoms with E-state index in [-0.39, 0.29) is 35.6 Å². The number of amidine groups is 1. The van der Waals surface area contributed by atoms with Gasteiger partial charge in [-0.2, -0.15) is 0 Å². The number of carbonyl (C=O) groups excluding carboxylic acids is 2. The number of aryl methyl sites for hydroxylation is 1. The molecule has 1 aliphatic carbocycles. The lowest BCUT2D eigenvalue weighted by molar-refractivity contribution is -0.124. The van der Waals surface area contributed by atoms with Gasteiger partial charge in [-0.3, -0.25) is 9.59 Å². The third kappa shape index (κ3) is 9.76. The van der Waals surface area contributed by atoms with E-state index >= 15 is 0 Å². The first-order valence-corrected chi connectivity index (χ1v) is 11.9. The van der Waals surface area contributed by atoms with Gasteiger partial charge in [0, 0.05) is 30.9 Å². The number of aliphatic hydroxyl groups excluding tert-OH is 1. The van der Waals surface area contributed by atoms with Crippen LogP contribution in [-0.2, 0) is 11.3 Å². The summed E-state index contributed by atoms with van der Waals surface area (Å²) in [6, 6.07) is 7.77. The van der Waals surface area contributed by atoms with Crippen LogP contribution in [0.5, 0.6) is 0 Å². The molecule has 2 aromatic rings. The quantitative estimate of drug-likeness (QED) is 0.161. The molecule has 0 bridgehead atoms.